The van der Waals surface area contributed by atoms with Gasteiger partial charge in [-0.2, -0.15) is 10.2 Å². The number of benzene rings is 1. The van der Waals surface area contributed by atoms with Crippen molar-refractivity contribution in [2.24, 2.45) is 0 Å². The molecule has 0 atom stereocenters. The fourth-order valence-electron chi connectivity index (χ4n) is 4.95. The minimum Gasteiger partial charge on any atom is -0.369 e. The van der Waals surface area contributed by atoms with Gasteiger partial charge in [-0.25, -0.2) is 9.97 Å². The van der Waals surface area contributed by atoms with Crippen molar-refractivity contribution >= 4 is 49.4 Å². The van der Waals surface area contributed by atoms with E-state index in [0.717, 1.165) is 62.1 Å². The van der Waals surface area contributed by atoms with Gasteiger partial charge in [0.15, 0.2) is 5.13 Å². The molecule has 0 unspecified atom stereocenters. The van der Waals surface area contributed by atoms with Gasteiger partial charge in [0, 0.05) is 49.5 Å². The molecule has 1 aliphatic heterocycles. The van der Waals surface area contributed by atoms with E-state index in [-0.39, 0.29) is 17.2 Å². The lowest BCUT2D eigenvalue weighted by molar-refractivity contribution is 0.515. The topological polar surface area (TPSA) is 112 Å². The summed E-state index contributed by atoms with van der Waals surface area (Å²) in [6.45, 7) is 3.95. The molecule has 1 aromatic carbocycles. The van der Waals surface area contributed by atoms with Crippen molar-refractivity contribution in [2.75, 3.05) is 36.4 Å². The van der Waals surface area contributed by atoms with Gasteiger partial charge in [-0.05, 0) is 37.1 Å². The van der Waals surface area contributed by atoms with Gasteiger partial charge in [-0.15, -0.1) is 0 Å². The van der Waals surface area contributed by atoms with Crippen molar-refractivity contribution in [1.82, 2.24) is 24.8 Å². The number of fused-ring (bicyclic) bond motifs is 2. The monoisotopic (exact) mass is 472 g/mol. The number of hydrogen-bond donors (Lipinski definition) is 2. The van der Waals surface area contributed by atoms with Crippen LogP contribution in [-0.4, -0.2) is 45.7 Å². The summed E-state index contributed by atoms with van der Waals surface area (Å²) in [6.07, 6.45) is 5.67. The van der Waals surface area contributed by atoms with Crippen molar-refractivity contribution in [2.45, 2.75) is 31.7 Å². The lowest BCUT2D eigenvalue weighted by atomic mass is 10.2. The first-order valence-electron chi connectivity index (χ1n) is 11.7. The Bertz CT molecular complexity index is 1470. The number of piperazine rings is 1. The highest BCUT2D eigenvalue weighted by Crippen LogP contribution is 2.32. The van der Waals surface area contributed by atoms with Gasteiger partial charge in [0.2, 0.25) is 5.95 Å². The van der Waals surface area contributed by atoms with Crippen LogP contribution < -0.4 is 21.1 Å². The van der Waals surface area contributed by atoms with Gasteiger partial charge in [-0.1, -0.05) is 24.2 Å². The lowest BCUT2D eigenvalue weighted by Crippen LogP contribution is -2.43. The van der Waals surface area contributed by atoms with Crippen molar-refractivity contribution in [3.63, 3.8) is 0 Å². The summed E-state index contributed by atoms with van der Waals surface area (Å²) in [5.74, 6) is 0.393. The Morgan fingerprint density at radius 3 is 2.76 bits per heavy atom. The zero-order valence-corrected chi connectivity index (χ0v) is 19.4. The Labute approximate surface area is 200 Å². The van der Waals surface area contributed by atoms with Crippen molar-refractivity contribution < 1.29 is 0 Å². The molecule has 9 nitrogen and oxygen atoms in total. The number of nitriles is 1. The van der Waals surface area contributed by atoms with Crippen LogP contribution in [0.5, 0.6) is 0 Å². The lowest BCUT2D eigenvalue weighted by Gasteiger charge is -2.29. The van der Waals surface area contributed by atoms with Gasteiger partial charge in [0.05, 0.1) is 10.2 Å². The fourth-order valence-corrected chi connectivity index (χ4v) is 5.79. The first kappa shape index (κ1) is 21.0. The molecule has 1 saturated heterocycles. The van der Waals surface area contributed by atoms with Crippen LogP contribution in [0.1, 0.15) is 37.3 Å². The maximum Gasteiger partial charge on any atom is 0.270 e. The second-order valence-electron chi connectivity index (χ2n) is 8.79. The summed E-state index contributed by atoms with van der Waals surface area (Å²) in [4.78, 5) is 29.3. The molecule has 34 heavy (non-hydrogen) atoms. The van der Waals surface area contributed by atoms with E-state index < -0.39 is 0 Å². The molecule has 2 N–H and O–H groups in total. The van der Waals surface area contributed by atoms with Crippen molar-refractivity contribution in [3.05, 3.63) is 46.4 Å². The second kappa shape index (κ2) is 8.66. The molecule has 4 aromatic rings. The minimum absolute atomic E-state index is 0.0666. The van der Waals surface area contributed by atoms with Crippen LogP contribution in [0, 0.1) is 11.3 Å². The van der Waals surface area contributed by atoms with Crippen molar-refractivity contribution in [3.8, 4) is 6.07 Å². The second-order valence-corrected chi connectivity index (χ2v) is 9.82. The zero-order valence-electron chi connectivity index (χ0n) is 18.6. The highest BCUT2D eigenvalue weighted by molar-refractivity contribution is 7.22. The molecule has 0 bridgehead atoms. The zero-order chi connectivity index (χ0) is 23.1. The summed E-state index contributed by atoms with van der Waals surface area (Å²) in [5.41, 5.74) is 2.55. The van der Waals surface area contributed by atoms with Crippen LogP contribution in [0.4, 0.5) is 16.8 Å². The van der Waals surface area contributed by atoms with Gasteiger partial charge < -0.3 is 10.2 Å². The van der Waals surface area contributed by atoms with E-state index in [1.54, 1.807) is 28.2 Å². The third-order valence-electron chi connectivity index (χ3n) is 6.66. The Hall–Kier alpha value is -3.55. The van der Waals surface area contributed by atoms with E-state index in [4.69, 9.17) is 9.97 Å². The van der Waals surface area contributed by atoms with Crippen LogP contribution in [0.2, 0.25) is 0 Å². The quantitative estimate of drug-likeness (QED) is 0.464. The average molecular weight is 473 g/mol. The molecule has 0 radical (unpaired) electrons. The predicted octanol–water partition coefficient (Wildman–Crippen LogP) is 3.54. The summed E-state index contributed by atoms with van der Waals surface area (Å²) in [6, 6.07) is 10.1. The smallest absolute Gasteiger partial charge is 0.270 e. The first-order chi connectivity index (χ1) is 16.7. The summed E-state index contributed by atoms with van der Waals surface area (Å²) in [5, 5.41) is 17.4. The van der Waals surface area contributed by atoms with Gasteiger partial charge in [-0.3, -0.25) is 14.7 Å². The normalized spacial score (nSPS) is 16.9. The molecule has 6 rings (SSSR count). The maximum absolute atomic E-state index is 13.0. The number of aromatic nitrogens is 4. The highest BCUT2D eigenvalue weighted by atomic mass is 32.1. The van der Waals surface area contributed by atoms with Crippen LogP contribution in [0.25, 0.3) is 21.3 Å². The molecule has 1 saturated carbocycles. The Morgan fingerprint density at radius 2 is 1.97 bits per heavy atom. The number of thiazole rings is 1. The molecule has 4 heterocycles. The van der Waals surface area contributed by atoms with Crippen LogP contribution in [0.3, 0.4) is 0 Å². The predicted molar refractivity (Wildman–Crippen MR) is 134 cm³/mol. The number of nitrogens with zero attached hydrogens (tertiary/aromatic N) is 6. The Morgan fingerprint density at radius 1 is 1.15 bits per heavy atom. The maximum atomic E-state index is 13.0. The van der Waals surface area contributed by atoms with Gasteiger partial charge in [0.25, 0.3) is 5.56 Å². The van der Waals surface area contributed by atoms with E-state index in [0.29, 0.717) is 22.1 Å². The minimum atomic E-state index is -0.271. The molecule has 2 fully saturated rings. The van der Waals surface area contributed by atoms with Crippen LogP contribution in [0.15, 0.2) is 35.3 Å². The summed E-state index contributed by atoms with van der Waals surface area (Å²) >= 11 is 1.55. The van der Waals surface area contributed by atoms with E-state index in [1.165, 1.54) is 5.69 Å². The molecule has 0 amide bonds. The van der Waals surface area contributed by atoms with Crippen LogP contribution >= 0.6 is 11.3 Å². The molecule has 10 heteroatoms. The summed E-state index contributed by atoms with van der Waals surface area (Å²) < 4.78 is 2.79. The molecule has 2 aliphatic rings. The molecule has 1 aliphatic carbocycles. The summed E-state index contributed by atoms with van der Waals surface area (Å²) in [7, 11) is 0. The number of anilines is 3. The highest BCUT2D eigenvalue weighted by Gasteiger charge is 2.23. The largest absolute Gasteiger partial charge is 0.369 e. The van der Waals surface area contributed by atoms with E-state index >= 15 is 0 Å². The average Bonchev–Trinajstić information content (AvgIpc) is 3.53. The third-order valence-corrected chi connectivity index (χ3v) is 7.61. The SMILES string of the molecule is N#Cc1cc2cnc(Nc3nc4cc(N5CCNCC5)ccc4s3)nc2n(C2CCCC2)c1=O. The van der Waals surface area contributed by atoms with Gasteiger partial charge >= 0.3 is 0 Å². The fraction of sp³-hybridized carbons (Fsp3) is 0.375. The number of rotatable bonds is 4. The Kier molecular flexibility index (Phi) is 5.36. The molecule has 0 spiro atoms. The van der Waals surface area contributed by atoms with Crippen molar-refractivity contribution in [1.29, 1.82) is 5.26 Å². The number of hydrogen-bond acceptors (Lipinski definition) is 9. The molecular weight excluding hydrogens is 448 g/mol. The van der Waals surface area contributed by atoms with Gasteiger partial charge in [0.1, 0.15) is 17.3 Å². The van der Waals surface area contributed by atoms with E-state index in [2.05, 4.69) is 38.7 Å². The first-order valence-corrected chi connectivity index (χ1v) is 12.5. The number of nitrogens with one attached hydrogen (secondary N) is 2. The third kappa shape index (κ3) is 3.77. The van der Waals surface area contributed by atoms with E-state index in [9.17, 15) is 10.1 Å². The number of pyridine rings is 1. The molecule has 3 aromatic heterocycles. The molecule has 172 valence electrons. The van der Waals surface area contributed by atoms with Crippen LogP contribution in [-0.2, 0) is 0 Å². The van der Waals surface area contributed by atoms with E-state index in [1.807, 2.05) is 6.07 Å². The Balaban J connectivity index is 1.35. The standard InChI is InChI=1S/C24H24N8OS/c25-13-15-11-16-14-27-23(29-21(16)32(22(15)33)17-3-1-2-4-17)30-24-28-19-12-18(5-6-20(19)34-24)31-9-7-26-8-10-31/h5-6,11-12,14,17,26H,1-4,7-10H2,(H,27,28,29,30). The molecular formula is C24H24N8OS.